The van der Waals surface area contributed by atoms with Gasteiger partial charge >= 0.3 is 5.97 Å². The molecule has 0 fully saturated rings. The summed E-state index contributed by atoms with van der Waals surface area (Å²) in [5.74, 6) is -0.437. The molecular formula is C19H20O4. The van der Waals surface area contributed by atoms with Crippen LogP contribution >= 0.6 is 0 Å². The molecule has 2 rings (SSSR count). The van der Waals surface area contributed by atoms with E-state index in [1.807, 2.05) is 54.6 Å². The van der Waals surface area contributed by atoms with E-state index in [-0.39, 0.29) is 6.42 Å². The molecule has 0 unspecified atom stereocenters. The maximum absolute atomic E-state index is 11.3. The lowest BCUT2D eigenvalue weighted by Crippen LogP contribution is -2.15. The lowest BCUT2D eigenvalue weighted by Gasteiger charge is -2.07. The fraction of sp³-hybridized carbons (Fsp3) is 0.263. The Bertz CT molecular complexity index is 632. The van der Waals surface area contributed by atoms with Crippen molar-refractivity contribution in [2.24, 2.45) is 0 Å². The second kappa shape index (κ2) is 8.73. The summed E-state index contributed by atoms with van der Waals surface area (Å²) in [5, 5.41) is 0. The van der Waals surface area contributed by atoms with Crippen LogP contribution in [0.15, 0.2) is 54.6 Å². The van der Waals surface area contributed by atoms with Crippen LogP contribution in [0.2, 0.25) is 0 Å². The first-order valence-corrected chi connectivity index (χ1v) is 7.56. The van der Waals surface area contributed by atoms with Crippen molar-refractivity contribution in [3.63, 3.8) is 0 Å². The van der Waals surface area contributed by atoms with Crippen molar-refractivity contribution in [1.29, 1.82) is 0 Å². The molecule has 120 valence electrons. The lowest BCUT2D eigenvalue weighted by molar-refractivity contribution is -0.151. The summed E-state index contributed by atoms with van der Waals surface area (Å²) < 4.78 is 10.1. The van der Waals surface area contributed by atoms with Crippen molar-refractivity contribution in [1.82, 2.24) is 0 Å². The number of carbonyl (C=O) groups excluding carboxylic acids is 2. The molecular weight excluding hydrogens is 292 g/mol. The number of rotatable bonds is 8. The van der Waals surface area contributed by atoms with Gasteiger partial charge < -0.3 is 9.47 Å². The third-order valence-corrected chi connectivity index (χ3v) is 3.45. The van der Waals surface area contributed by atoms with Crippen molar-refractivity contribution >= 4 is 11.8 Å². The highest BCUT2D eigenvalue weighted by Gasteiger charge is 2.12. The molecule has 0 aliphatic heterocycles. The molecule has 2 aromatic rings. The number of ether oxygens (including phenoxy) is 2. The van der Waals surface area contributed by atoms with Gasteiger partial charge in [0.25, 0.3) is 0 Å². The molecule has 4 nitrogen and oxygen atoms in total. The summed E-state index contributed by atoms with van der Waals surface area (Å²) in [4.78, 5) is 22.3. The number of ketones is 1. The number of methoxy groups -OCH3 is 1. The van der Waals surface area contributed by atoms with Crippen molar-refractivity contribution in [3.05, 3.63) is 65.7 Å². The molecule has 23 heavy (non-hydrogen) atoms. The first kappa shape index (κ1) is 16.7. The minimum atomic E-state index is -0.769. The summed E-state index contributed by atoms with van der Waals surface area (Å²) in [5.41, 5.74) is 2.23. The summed E-state index contributed by atoms with van der Waals surface area (Å²) in [6.45, 7) is 0.536. The van der Waals surface area contributed by atoms with Gasteiger partial charge in [-0.2, -0.15) is 0 Å². The van der Waals surface area contributed by atoms with Crippen molar-refractivity contribution in [2.45, 2.75) is 25.9 Å². The fourth-order valence-electron chi connectivity index (χ4n) is 2.16. The Morgan fingerprint density at radius 2 is 1.61 bits per heavy atom. The van der Waals surface area contributed by atoms with E-state index in [1.54, 1.807) is 0 Å². The van der Waals surface area contributed by atoms with Crippen LogP contribution in [0.1, 0.15) is 24.0 Å². The standard InChI is InChI=1S/C19H20O4/c1-22-19(21)18(20)9-5-8-15-10-12-17(13-11-15)23-14-16-6-3-2-4-7-16/h2-4,6-7,10-13H,5,8-9,14H2,1H3. The minimum absolute atomic E-state index is 0.207. The Morgan fingerprint density at radius 3 is 2.26 bits per heavy atom. The fourth-order valence-corrected chi connectivity index (χ4v) is 2.16. The summed E-state index contributed by atoms with van der Waals surface area (Å²) >= 11 is 0. The lowest BCUT2D eigenvalue weighted by atomic mass is 10.1. The minimum Gasteiger partial charge on any atom is -0.489 e. The van der Waals surface area contributed by atoms with Crippen LogP contribution in [0.3, 0.4) is 0 Å². The molecule has 0 amide bonds. The van der Waals surface area contributed by atoms with Crippen LogP contribution in [0.5, 0.6) is 5.75 Å². The van der Waals surface area contributed by atoms with Crippen LogP contribution in [0.25, 0.3) is 0 Å². The predicted molar refractivity (Wildman–Crippen MR) is 87.2 cm³/mol. The highest BCUT2D eigenvalue weighted by molar-refractivity contribution is 6.33. The molecule has 0 aromatic heterocycles. The van der Waals surface area contributed by atoms with Crippen LogP contribution < -0.4 is 4.74 Å². The smallest absolute Gasteiger partial charge is 0.374 e. The molecule has 0 saturated heterocycles. The van der Waals surface area contributed by atoms with Gasteiger partial charge in [-0.05, 0) is 36.1 Å². The zero-order chi connectivity index (χ0) is 16.5. The summed E-state index contributed by atoms with van der Waals surface area (Å²) in [6, 6.07) is 17.8. The number of carbonyl (C=O) groups is 2. The number of aryl methyl sites for hydroxylation is 1. The third-order valence-electron chi connectivity index (χ3n) is 3.45. The molecule has 0 bridgehead atoms. The van der Waals surface area contributed by atoms with E-state index in [2.05, 4.69) is 4.74 Å². The molecule has 2 aromatic carbocycles. The maximum atomic E-state index is 11.3. The zero-order valence-corrected chi connectivity index (χ0v) is 13.2. The Balaban J connectivity index is 1.76. The van der Waals surface area contributed by atoms with Gasteiger partial charge in [0.2, 0.25) is 5.78 Å². The first-order chi connectivity index (χ1) is 11.2. The van der Waals surface area contributed by atoms with E-state index >= 15 is 0 Å². The van der Waals surface area contributed by atoms with Crippen LogP contribution in [0, 0.1) is 0 Å². The first-order valence-electron chi connectivity index (χ1n) is 7.56. The van der Waals surface area contributed by atoms with E-state index in [4.69, 9.17) is 4.74 Å². The highest BCUT2D eigenvalue weighted by atomic mass is 16.5. The molecule has 0 heterocycles. The Hall–Kier alpha value is -2.62. The van der Waals surface area contributed by atoms with Gasteiger partial charge in [-0.3, -0.25) is 4.79 Å². The number of esters is 1. The van der Waals surface area contributed by atoms with Gasteiger partial charge in [0, 0.05) is 6.42 Å². The van der Waals surface area contributed by atoms with Gasteiger partial charge in [-0.15, -0.1) is 0 Å². The quantitative estimate of drug-likeness (QED) is 0.554. The molecule has 0 saturated carbocycles. The van der Waals surface area contributed by atoms with E-state index in [0.717, 1.165) is 23.3 Å². The highest BCUT2D eigenvalue weighted by Crippen LogP contribution is 2.15. The van der Waals surface area contributed by atoms with Crippen LogP contribution in [0.4, 0.5) is 0 Å². The van der Waals surface area contributed by atoms with Crippen molar-refractivity contribution < 1.29 is 19.1 Å². The Labute approximate surface area is 136 Å². The predicted octanol–water partition coefficient (Wildman–Crippen LogP) is 3.33. The Morgan fingerprint density at radius 1 is 0.913 bits per heavy atom. The average molecular weight is 312 g/mol. The number of Topliss-reactive ketones (excluding diaryl/α,β-unsaturated/α-hetero) is 1. The molecule has 0 atom stereocenters. The molecule has 0 spiro atoms. The normalized spacial score (nSPS) is 10.1. The third kappa shape index (κ3) is 5.58. The summed E-state index contributed by atoms with van der Waals surface area (Å²) in [7, 11) is 1.22. The van der Waals surface area contributed by atoms with Crippen LogP contribution in [-0.4, -0.2) is 18.9 Å². The van der Waals surface area contributed by atoms with Gasteiger partial charge in [-0.1, -0.05) is 42.5 Å². The van der Waals surface area contributed by atoms with Gasteiger partial charge in [0.1, 0.15) is 12.4 Å². The average Bonchev–Trinajstić information content (AvgIpc) is 2.61. The largest absolute Gasteiger partial charge is 0.489 e. The summed E-state index contributed by atoms with van der Waals surface area (Å²) in [6.07, 6.45) is 1.57. The van der Waals surface area contributed by atoms with Crippen LogP contribution in [-0.2, 0) is 27.4 Å². The topological polar surface area (TPSA) is 52.6 Å². The van der Waals surface area contributed by atoms with Gasteiger partial charge in [0.15, 0.2) is 0 Å². The second-order valence-corrected chi connectivity index (χ2v) is 5.19. The monoisotopic (exact) mass is 312 g/mol. The van der Waals surface area contributed by atoms with E-state index < -0.39 is 11.8 Å². The molecule has 4 heteroatoms. The number of hydrogen-bond donors (Lipinski definition) is 0. The maximum Gasteiger partial charge on any atom is 0.374 e. The van der Waals surface area contributed by atoms with Crippen molar-refractivity contribution in [2.75, 3.05) is 7.11 Å². The second-order valence-electron chi connectivity index (χ2n) is 5.19. The van der Waals surface area contributed by atoms with Crippen molar-refractivity contribution in [3.8, 4) is 5.75 Å². The van der Waals surface area contributed by atoms with E-state index in [9.17, 15) is 9.59 Å². The number of hydrogen-bond acceptors (Lipinski definition) is 4. The molecule has 0 radical (unpaired) electrons. The SMILES string of the molecule is COC(=O)C(=O)CCCc1ccc(OCc2ccccc2)cc1. The Kier molecular flexibility index (Phi) is 6.36. The molecule has 0 aliphatic rings. The van der Waals surface area contributed by atoms with E-state index in [0.29, 0.717) is 13.0 Å². The van der Waals surface area contributed by atoms with Gasteiger partial charge in [0.05, 0.1) is 7.11 Å². The molecule has 0 N–H and O–H groups in total. The van der Waals surface area contributed by atoms with Gasteiger partial charge in [-0.25, -0.2) is 4.79 Å². The number of benzene rings is 2. The molecule has 0 aliphatic carbocycles. The van der Waals surface area contributed by atoms with E-state index in [1.165, 1.54) is 7.11 Å². The zero-order valence-electron chi connectivity index (χ0n) is 13.2.